The van der Waals surface area contributed by atoms with Crippen LogP contribution in [0.3, 0.4) is 0 Å². The molecule has 0 amide bonds. The van der Waals surface area contributed by atoms with E-state index in [9.17, 15) is 5.11 Å². The van der Waals surface area contributed by atoms with Gasteiger partial charge >= 0.3 is 0 Å². The van der Waals surface area contributed by atoms with Gasteiger partial charge in [-0.2, -0.15) is 0 Å². The van der Waals surface area contributed by atoms with Gasteiger partial charge in [0.1, 0.15) is 5.75 Å². The van der Waals surface area contributed by atoms with Crippen LogP contribution in [0.1, 0.15) is 5.56 Å². The molecule has 0 bridgehead atoms. The number of aromatic hydroxyl groups is 1. The van der Waals surface area contributed by atoms with Crippen LogP contribution in [0.4, 0.5) is 0 Å². The summed E-state index contributed by atoms with van der Waals surface area (Å²) in [6, 6.07) is 5.67. The molecule has 0 aliphatic carbocycles. The van der Waals surface area contributed by atoms with Gasteiger partial charge in [-0.1, -0.05) is 12.1 Å². The van der Waals surface area contributed by atoms with Crippen LogP contribution < -0.4 is 5.32 Å². The number of piperazine rings is 1. The Bertz CT molecular complexity index is 514. The van der Waals surface area contributed by atoms with E-state index in [-0.39, 0.29) is 0 Å². The summed E-state index contributed by atoms with van der Waals surface area (Å²) in [6.07, 6.45) is 2.01. The largest absolute Gasteiger partial charge is 0.506 e. The zero-order valence-corrected chi connectivity index (χ0v) is 9.74. The number of aromatic amines is 1. The maximum absolute atomic E-state index is 9.74. The Morgan fingerprint density at radius 3 is 2.88 bits per heavy atom. The quantitative estimate of drug-likeness (QED) is 0.729. The topological polar surface area (TPSA) is 51.3 Å². The maximum Gasteiger partial charge on any atom is 0.139 e. The van der Waals surface area contributed by atoms with Crippen LogP contribution in [0.5, 0.6) is 5.75 Å². The number of rotatable bonds is 2. The molecule has 4 heteroatoms. The summed E-state index contributed by atoms with van der Waals surface area (Å²) in [4.78, 5) is 5.59. The summed E-state index contributed by atoms with van der Waals surface area (Å²) in [6.45, 7) is 5.25. The number of hydrogen-bond donors (Lipinski definition) is 3. The first-order chi connectivity index (χ1) is 8.34. The normalized spacial score (nSPS) is 17.6. The molecule has 90 valence electrons. The SMILES string of the molecule is Oc1cccc2c(CN3CCNCC3)c[nH]c12. The fourth-order valence-electron chi connectivity index (χ4n) is 2.44. The van der Waals surface area contributed by atoms with Crippen molar-refractivity contribution in [1.82, 2.24) is 15.2 Å². The minimum Gasteiger partial charge on any atom is -0.506 e. The summed E-state index contributed by atoms with van der Waals surface area (Å²) in [5.41, 5.74) is 2.11. The zero-order valence-electron chi connectivity index (χ0n) is 9.74. The average Bonchev–Trinajstić information content (AvgIpc) is 2.76. The first-order valence-electron chi connectivity index (χ1n) is 6.05. The van der Waals surface area contributed by atoms with E-state index in [0.29, 0.717) is 5.75 Å². The lowest BCUT2D eigenvalue weighted by Crippen LogP contribution is -2.42. The fourth-order valence-corrected chi connectivity index (χ4v) is 2.44. The van der Waals surface area contributed by atoms with E-state index >= 15 is 0 Å². The van der Waals surface area contributed by atoms with E-state index < -0.39 is 0 Å². The molecule has 0 unspecified atom stereocenters. The number of hydrogen-bond acceptors (Lipinski definition) is 3. The van der Waals surface area contributed by atoms with Gasteiger partial charge in [0.15, 0.2) is 0 Å². The van der Waals surface area contributed by atoms with Crippen molar-refractivity contribution in [3.05, 3.63) is 30.0 Å². The first kappa shape index (κ1) is 10.6. The number of nitrogens with one attached hydrogen (secondary N) is 2. The second kappa shape index (κ2) is 4.39. The van der Waals surface area contributed by atoms with Gasteiger partial charge in [0.05, 0.1) is 5.52 Å². The Kier molecular flexibility index (Phi) is 2.74. The predicted octanol–water partition coefficient (Wildman–Crippen LogP) is 1.28. The van der Waals surface area contributed by atoms with Crippen LogP contribution in [-0.2, 0) is 6.54 Å². The average molecular weight is 231 g/mol. The monoisotopic (exact) mass is 231 g/mol. The van der Waals surface area contributed by atoms with Crippen molar-refractivity contribution in [2.75, 3.05) is 26.2 Å². The lowest BCUT2D eigenvalue weighted by atomic mass is 10.1. The number of fused-ring (bicyclic) bond motifs is 1. The van der Waals surface area contributed by atoms with Crippen molar-refractivity contribution in [3.8, 4) is 5.75 Å². The molecule has 0 atom stereocenters. The highest BCUT2D eigenvalue weighted by Crippen LogP contribution is 2.26. The summed E-state index contributed by atoms with van der Waals surface area (Å²) in [7, 11) is 0. The van der Waals surface area contributed by atoms with Crippen LogP contribution >= 0.6 is 0 Å². The fraction of sp³-hybridized carbons (Fsp3) is 0.385. The Hall–Kier alpha value is -1.52. The molecule has 1 aromatic carbocycles. The van der Waals surface area contributed by atoms with Crippen molar-refractivity contribution in [3.63, 3.8) is 0 Å². The second-order valence-electron chi connectivity index (χ2n) is 4.54. The van der Waals surface area contributed by atoms with Gasteiger partial charge in [-0.3, -0.25) is 4.90 Å². The molecule has 2 aromatic rings. The van der Waals surface area contributed by atoms with Crippen molar-refractivity contribution in [2.24, 2.45) is 0 Å². The maximum atomic E-state index is 9.74. The van der Waals surface area contributed by atoms with Crippen molar-refractivity contribution in [1.29, 1.82) is 0 Å². The van der Waals surface area contributed by atoms with E-state index in [4.69, 9.17) is 0 Å². The molecule has 1 aliphatic rings. The Balaban J connectivity index is 1.87. The molecule has 3 rings (SSSR count). The Morgan fingerprint density at radius 2 is 2.06 bits per heavy atom. The van der Waals surface area contributed by atoms with Gasteiger partial charge in [0, 0.05) is 44.3 Å². The van der Waals surface area contributed by atoms with E-state index in [0.717, 1.165) is 43.6 Å². The minimum absolute atomic E-state index is 0.328. The third-order valence-electron chi connectivity index (χ3n) is 3.38. The molecule has 1 saturated heterocycles. The number of aromatic nitrogens is 1. The summed E-state index contributed by atoms with van der Waals surface area (Å²) >= 11 is 0. The van der Waals surface area contributed by atoms with Gasteiger partial charge in [0.25, 0.3) is 0 Å². The van der Waals surface area contributed by atoms with Gasteiger partial charge in [-0.25, -0.2) is 0 Å². The van der Waals surface area contributed by atoms with Crippen LogP contribution in [-0.4, -0.2) is 41.2 Å². The number of phenols is 1. The second-order valence-corrected chi connectivity index (χ2v) is 4.54. The molecule has 1 aromatic heterocycles. The molecule has 0 spiro atoms. The van der Waals surface area contributed by atoms with Gasteiger partial charge in [0.2, 0.25) is 0 Å². The third kappa shape index (κ3) is 2.01. The minimum atomic E-state index is 0.328. The van der Waals surface area contributed by atoms with Crippen molar-refractivity contribution in [2.45, 2.75) is 6.54 Å². The van der Waals surface area contributed by atoms with Crippen LogP contribution in [0.2, 0.25) is 0 Å². The summed E-state index contributed by atoms with van der Waals surface area (Å²) < 4.78 is 0. The summed E-state index contributed by atoms with van der Waals surface area (Å²) in [5.74, 6) is 0.328. The van der Waals surface area contributed by atoms with Crippen LogP contribution in [0, 0.1) is 0 Å². The number of para-hydroxylation sites is 1. The predicted molar refractivity (Wildman–Crippen MR) is 68.1 cm³/mol. The molecular weight excluding hydrogens is 214 g/mol. The molecule has 1 fully saturated rings. The molecule has 2 heterocycles. The van der Waals surface area contributed by atoms with E-state index in [1.165, 1.54) is 5.56 Å². The molecule has 3 N–H and O–H groups in total. The lowest BCUT2D eigenvalue weighted by Gasteiger charge is -2.26. The number of phenolic OH excluding ortho intramolecular Hbond substituents is 1. The zero-order chi connectivity index (χ0) is 11.7. The van der Waals surface area contributed by atoms with E-state index in [1.54, 1.807) is 6.07 Å². The number of H-pyrrole nitrogens is 1. The number of benzene rings is 1. The Morgan fingerprint density at radius 1 is 1.24 bits per heavy atom. The van der Waals surface area contributed by atoms with Crippen LogP contribution in [0.25, 0.3) is 10.9 Å². The lowest BCUT2D eigenvalue weighted by molar-refractivity contribution is 0.234. The van der Waals surface area contributed by atoms with E-state index in [2.05, 4.69) is 21.3 Å². The highest BCUT2D eigenvalue weighted by molar-refractivity contribution is 5.87. The molecule has 0 saturated carbocycles. The van der Waals surface area contributed by atoms with Gasteiger partial charge < -0.3 is 15.4 Å². The summed E-state index contributed by atoms with van der Waals surface area (Å²) in [5, 5.41) is 14.2. The molecule has 1 aliphatic heterocycles. The van der Waals surface area contributed by atoms with Crippen molar-refractivity contribution < 1.29 is 5.11 Å². The van der Waals surface area contributed by atoms with E-state index in [1.807, 2.05) is 12.3 Å². The highest BCUT2D eigenvalue weighted by Gasteiger charge is 2.13. The molecule has 0 radical (unpaired) electrons. The standard InChI is InChI=1S/C13H17N3O/c17-12-3-1-2-11-10(8-15-13(11)12)9-16-6-4-14-5-7-16/h1-3,8,14-15,17H,4-7,9H2. The molecule has 4 nitrogen and oxygen atoms in total. The number of nitrogens with zero attached hydrogens (tertiary/aromatic N) is 1. The van der Waals surface area contributed by atoms with Gasteiger partial charge in [-0.05, 0) is 11.6 Å². The molecule has 17 heavy (non-hydrogen) atoms. The van der Waals surface area contributed by atoms with Crippen LogP contribution in [0.15, 0.2) is 24.4 Å². The van der Waals surface area contributed by atoms with Gasteiger partial charge in [-0.15, -0.1) is 0 Å². The van der Waals surface area contributed by atoms with Crippen molar-refractivity contribution >= 4 is 10.9 Å². The molecular formula is C13H17N3O. The third-order valence-corrected chi connectivity index (χ3v) is 3.38. The highest BCUT2D eigenvalue weighted by atomic mass is 16.3. The first-order valence-corrected chi connectivity index (χ1v) is 6.05. The smallest absolute Gasteiger partial charge is 0.139 e. The Labute approximate surface area is 100 Å².